The van der Waals surface area contributed by atoms with E-state index in [0.717, 1.165) is 25.0 Å². The fraction of sp³-hybridized carbons (Fsp3) is 0.368. The third kappa shape index (κ3) is 4.39. The second-order valence-electron chi connectivity index (χ2n) is 6.32. The minimum absolute atomic E-state index is 0.257. The van der Waals surface area contributed by atoms with Crippen molar-refractivity contribution in [1.82, 2.24) is 19.7 Å². The third-order valence-corrected chi connectivity index (χ3v) is 4.89. The number of unbranched alkanes of at least 4 members (excludes halogenated alkanes) is 2. The maximum absolute atomic E-state index is 12.8. The zero-order chi connectivity index (χ0) is 19.2. The smallest absolute Gasteiger partial charge is 0.277 e. The van der Waals surface area contributed by atoms with Gasteiger partial charge < -0.3 is 11.1 Å². The summed E-state index contributed by atoms with van der Waals surface area (Å²) in [5.41, 5.74) is 8.80. The highest BCUT2D eigenvalue weighted by Gasteiger charge is 2.21. The molecule has 142 valence electrons. The number of rotatable bonds is 8. The molecule has 1 amide bonds. The Morgan fingerprint density at radius 1 is 1.22 bits per heavy atom. The van der Waals surface area contributed by atoms with Crippen LogP contribution in [0.5, 0.6) is 0 Å². The van der Waals surface area contributed by atoms with Crippen molar-refractivity contribution in [3.05, 3.63) is 41.9 Å². The van der Waals surface area contributed by atoms with E-state index in [1.54, 1.807) is 16.4 Å². The number of carbonyl (C=O) groups is 1. The van der Waals surface area contributed by atoms with Crippen LogP contribution < -0.4 is 11.1 Å². The van der Waals surface area contributed by atoms with E-state index in [1.807, 2.05) is 24.3 Å². The molecule has 0 saturated carbocycles. The summed E-state index contributed by atoms with van der Waals surface area (Å²) in [4.78, 5) is 21.2. The van der Waals surface area contributed by atoms with Crippen molar-refractivity contribution in [2.24, 2.45) is 0 Å². The normalized spacial score (nSPS) is 11.0. The Hall–Kier alpha value is -2.61. The Bertz CT molecular complexity index is 922. The van der Waals surface area contributed by atoms with E-state index in [1.165, 1.54) is 11.9 Å². The van der Waals surface area contributed by atoms with Crippen molar-refractivity contribution in [3.63, 3.8) is 0 Å². The number of carbonyl (C=O) groups excluding carboxylic acids is 1. The van der Waals surface area contributed by atoms with Crippen molar-refractivity contribution in [2.45, 2.75) is 38.5 Å². The summed E-state index contributed by atoms with van der Waals surface area (Å²) in [5.74, 6) is 0.894. The van der Waals surface area contributed by atoms with Crippen LogP contribution in [0, 0.1) is 0 Å². The van der Waals surface area contributed by atoms with Crippen LogP contribution in [0.4, 0.5) is 11.5 Å². The van der Waals surface area contributed by atoms with Crippen molar-refractivity contribution in [3.8, 4) is 0 Å². The molecule has 3 rings (SSSR count). The highest BCUT2D eigenvalue weighted by Crippen LogP contribution is 2.23. The quantitative estimate of drug-likeness (QED) is 0.574. The molecular formula is C19H24N6OS. The SMILES string of the molecule is CCCCCn1nc(C(=O)Nc2ccc(CSC)cc2)c2c(N)ncnc21. The molecular weight excluding hydrogens is 360 g/mol. The number of anilines is 2. The van der Waals surface area contributed by atoms with Gasteiger partial charge in [-0.15, -0.1) is 0 Å². The van der Waals surface area contributed by atoms with Gasteiger partial charge in [-0.3, -0.25) is 4.79 Å². The maximum atomic E-state index is 12.8. The average molecular weight is 385 g/mol. The van der Waals surface area contributed by atoms with E-state index in [0.29, 0.717) is 23.3 Å². The van der Waals surface area contributed by atoms with E-state index in [4.69, 9.17) is 5.73 Å². The van der Waals surface area contributed by atoms with Gasteiger partial charge in [-0.05, 0) is 30.4 Å². The molecule has 0 fully saturated rings. The molecule has 0 atom stereocenters. The molecule has 27 heavy (non-hydrogen) atoms. The third-order valence-electron chi connectivity index (χ3n) is 4.27. The average Bonchev–Trinajstić information content (AvgIpc) is 3.04. The van der Waals surface area contributed by atoms with Gasteiger partial charge in [-0.25, -0.2) is 14.6 Å². The highest BCUT2D eigenvalue weighted by atomic mass is 32.2. The van der Waals surface area contributed by atoms with Gasteiger partial charge in [-0.1, -0.05) is 31.9 Å². The lowest BCUT2D eigenvalue weighted by Crippen LogP contribution is -2.14. The highest BCUT2D eigenvalue weighted by molar-refractivity contribution is 7.97. The van der Waals surface area contributed by atoms with E-state index in [9.17, 15) is 4.79 Å². The summed E-state index contributed by atoms with van der Waals surface area (Å²) in [6, 6.07) is 7.80. The van der Waals surface area contributed by atoms with Crippen LogP contribution in [0.15, 0.2) is 30.6 Å². The number of nitrogens with one attached hydrogen (secondary N) is 1. The van der Waals surface area contributed by atoms with Crippen LogP contribution in [-0.2, 0) is 12.3 Å². The van der Waals surface area contributed by atoms with Crippen molar-refractivity contribution >= 4 is 40.2 Å². The fourth-order valence-corrected chi connectivity index (χ4v) is 3.42. The van der Waals surface area contributed by atoms with Gasteiger partial charge in [0.2, 0.25) is 0 Å². The number of hydrogen-bond donors (Lipinski definition) is 2. The zero-order valence-electron chi connectivity index (χ0n) is 15.6. The van der Waals surface area contributed by atoms with Crippen LogP contribution in [0.1, 0.15) is 42.2 Å². The monoisotopic (exact) mass is 384 g/mol. The molecule has 2 aromatic heterocycles. The summed E-state index contributed by atoms with van der Waals surface area (Å²) in [6.45, 7) is 2.84. The molecule has 7 nitrogen and oxygen atoms in total. The Morgan fingerprint density at radius 2 is 2.00 bits per heavy atom. The lowest BCUT2D eigenvalue weighted by Gasteiger charge is -2.05. The lowest BCUT2D eigenvalue weighted by atomic mass is 10.2. The number of nitrogens with zero attached hydrogens (tertiary/aromatic N) is 4. The number of thioether (sulfide) groups is 1. The van der Waals surface area contributed by atoms with Crippen LogP contribution in [-0.4, -0.2) is 31.9 Å². The van der Waals surface area contributed by atoms with Crippen LogP contribution >= 0.6 is 11.8 Å². The number of nitrogens with two attached hydrogens (primary N) is 1. The Balaban J connectivity index is 1.87. The van der Waals surface area contributed by atoms with Gasteiger partial charge in [0.05, 0.1) is 5.39 Å². The Labute approximate surface area is 162 Å². The first-order valence-electron chi connectivity index (χ1n) is 9.00. The van der Waals surface area contributed by atoms with Crippen LogP contribution in [0.3, 0.4) is 0 Å². The molecule has 0 spiro atoms. The molecule has 0 aliphatic carbocycles. The number of aryl methyl sites for hydroxylation is 1. The van der Waals surface area contributed by atoms with Crippen molar-refractivity contribution in [1.29, 1.82) is 0 Å². The van der Waals surface area contributed by atoms with Gasteiger partial charge in [0.1, 0.15) is 12.1 Å². The van der Waals surface area contributed by atoms with E-state index < -0.39 is 0 Å². The Kier molecular flexibility index (Phi) is 6.28. The van der Waals surface area contributed by atoms with E-state index in [2.05, 4.69) is 33.6 Å². The van der Waals surface area contributed by atoms with Gasteiger partial charge >= 0.3 is 0 Å². The fourth-order valence-electron chi connectivity index (χ4n) is 2.90. The topological polar surface area (TPSA) is 98.7 Å². The van der Waals surface area contributed by atoms with E-state index in [-0.39, 0.29) is 17.4 Å². The molecule has 2 heterocycles. The largest absolute Gasteiger partial charge is 0.383 e. The predicted octanol–water partition coefficient (Wildman–Crippen LogP) is 3.71. The minimum atomic E-state index is -0.312. The molecule has 8 heteroatoms. The first-order valence-corrected chi connectivity index (χ1v) is 10.4. The van der Waals surface area contributed by atoms with Gasteiger partial charge in [-0.2, -0.15) is 16.9 Å². The Morgan fingerprint density at radius 3 is 2.70 bits per heavy atom. The van der Waals surface area contributed by atoms with Gasteiger partial charge in [0.25, 0.3) is 5.91 Å². The number of nitrogen functional groups attached to an aromatic ring is 1. The van der Waals surface area contributed by atoms with Crippen molar-refractivity contribution in [2.75, 3.05) is 17.3 Å². The first kappa shape index (κ1) is 19.2. The summed E-state index contributed by atoms with van der Waals surface area (Å²) in [7, 11) is 0. The molecule has 0 aliphatic heterocycles. The van der Waals surface area contributed by atoms with Crippen LogP contribution in [0.25, 0.3) is 11.0 Å². The molecule has 1 aromatic carbocycles. The second kappa shape index (κ2) is 8.85. The zero-order valence-corrected chi connectivity index (χ0v) is 16.4. The maximum Gasteiger partial charge on any atom is 0.277 e. The number of fused-ring (bicyclic) bond motifs is 1. The number of benzene rings is 1. The number of amides is 1. The predicted molar refractivity (Wildman–Crippen MR) is 111 cm³/mol. The number of hydrogen-bond acceptors (Lipinski definition) is 6. The molecule has 0 saturated heterocycles. The second-order valence-corrected chi connectivity index (χ2v) is 7.19. The molecule has 0 bridgehead atoms. The van der Waals surface area contributed by atoms with E-state index >= 15 is 0 Å². The molecule has 0 unspecified atom stereocenters. The summed E-state index contributed by atoms with van der Waals surface area (Å²) >= 11 is 1.76. The molecule has 0 aliphatic rings. The van der Waals surface area contributed by atoms with Crippen molar-refractivity contribution < 1.29 is 4.79 Å². The molecule has 3 aromatic rings. The standard InChI is InChI=1S/C19H24N6OS/c1-3-4-5-10-25-18-15(17(20)21-12-22-18)16(24-25)19(26)23-14-8-6-13(7-9-14)11-27-2/h6-9,12H,3-5,10-11H2,1-2H3,(H,23,26)(H2,20,21,22). The summed E-state index contributed by atoms with van der Waals surface area (Å²) in [6.07, 6.45) is 6.63. The van der Waals surface area contributed by atoms with Gasteiger partial charge in [0, 0.05) is 18.0 Å². The minimum Gasteiger partial charge on any atom is -0.383 e. The first-order chi connectivity index (χ1) is 13.1. The lowest BCUT2D eigenvalue weighted by molar-refractivity contribution is 0.102. The summed E-state index contributed by atoms with van der Waals surface area (Å²) < 4.78 is 1.75. The van der Waals surface area contributed by atoms with Crippen LogP contribution in [0.2, 0.25) is 0 Å². The number of aromatic nitrogens is 4. The molecule has 3 N–H and O–H groups in total. The van der Waals surface area contributed by atoms with Gasteiger partial charge in [0.15, 0.2) is 11.3 Å². The summed E-state index contributed by atoms with van der Waals surface area (Å²) in [5, 5.41) is 7.88. The molecule has 0 radical (unpaired) electrons.